The van der Waals surface area contributed by atoms with E-state index in [1.807, 2.05) is 0 Å². The first-order valence-corrected chi connectivity index (χ1v) is 6.60. The number of phenols is 1. The molecule has 0 saturated heterocycles. The van der Waals surface area contributed by atoms with Crippen LogP contribution < -0.4 is 10.1 Å². The van der Waals surface area contributed by atoms with Crippen LogP contribution in [-0.4, -0.2) is 17.6 Å². The third-order valence-corrected chi connectivity index (χ3v) is 3.05. The minimum atomic E-state index is -3.00. The Morgan fingerprint density at radius 3 is 2.62 bits per heavy atom. The molecule has 2 aromatic rings. The third kappa shape index (κ3) is 3.91. The number of benzene rings is 2. The lowest BCUT2D eigenvalue weighted by molar-refractivity contribution is -0.0493. The summed E-state index contributed by atoms with van der Waals surface area (Å²) in [5, 5.41) is 12.1. The van der Waals surface area contributed by atoms with Crippen LogP contribution in [0.1, 0.15) is 10.4 Å². The van der Waals surface area contributed by atoms with Gasteiger partial charge in [-0.25, -0.2) is 0 Å². The summed E-state index contributed by atoms with van der Waals surface area (Å²) in [6.45, 7) is -3.00. The number of anilines is 1. The molecule has 0 aliphatic rings. The van der Waals surface area contributed by atoms with Gasteiger partial charge in [0.25, 0.3) is 5.91 Å². The molecule has 0 aliphatic heterocycles. The number of nitrogens with one attached hydrogen (secondary N) is 1. The molecule has 7 heteroatoms. The predicted molar refractivity (Wildman–Crippen MR) is 76.8 cm³/mol. The van der Waals surface area contributed by atoms with Gasteiger partial charge >= 0.3 is 6.61 Å². The molecule has 110 valence electrons. The lowest BCUT2D eigenvalue weighted by Gasteiger charge is -2.12. The summed E-state index contributed by atoms with van der Waals surface area (Å²) in [4.78, 5) is 12.1. The Balaban J connectivity index is 2.23. The first-order valence-electron chi connectivity index (χ1n) is 5.81. The Kier molecular flexibility index (Phi) is 4.74. The maximum Gasteiger partial charge on any atom is 0.387 e. The minimum Gasteiger partial charge on any atom is -0.507 e. The van der Waals surface area contributed by atoms with E-state index in [-0.39, 0.29) is 22.7 Å². The van der Waals surface area contributed by atoms with Crippen molar-refractivity contribution >= 4 is 27.5 Å². The fourth-order valence-corrected chi connectivity index (χ4v) is 2.00. The van der Waals surface area contributed by atoms with Crippen molar-refractivity contribution in [2.75, 3.05) is 5.32 Å². The molecule has 2 aromatic carbocycles. The van der Waals surface area contributed by atoms with Gasteiger partial charge in [-0.3, -0.25) is 4.79 Å². The summed E-state index contributed by atoms with van der Waals surface area (Å²) in [5.74, 6) is -1.02. The molecule has 0 fully saturated rings. The Bertz CT molecular complexity index is 664. The highest BCUT2D eigenvalue weighted by molar-refractivity contribution is 9.10. The number of halogens is 3. The van der Waals surface area contributed by atoms with E-state index in [0.717, 1.165) is 0 Å². The molecule has 0 spiro atoms. The average molecular weight is 358 g/mol. The van der Waals surface area contributed by atoms with Crippen LogP contribution >= 0.6 is 15.9 Å². The Labute approximate surface area is 127 Å². The van der Waals surface area contributed by atoms with Gasteiger partial charge in [0.15, 0.2) is 0 Å². The van der Waals surface area contributed by atoms with Crippen molar-refractivity contribution in [2.45, 2.75) is 6.61 Å². The standard InChI is InChI=1S/C14H10BrF2NO3/c15-8-5-6-9(11(19)7-8)13(20)18-10-3-1-2-4-12(10)21-14(16)17/h1-7,14,19H,(H,18,20). The molecule has 0 bridgehead atoms. The first kappa shape index (κ1) is 15.2. The van der Waals surface area contributed by atoms with Crippen LogP contribution in [0.15, 0.2) is 46.9 Å². The summed E-state index contributed by atoms with van der Waals surface area (Å²) < 4.78 is 29.5. The van der Waals surface area contributed by atoms with Gasteiger partial charge in [0.05, 0.1) is 11.3 Å². The van der Waals surface area contributed by atoms with E-state index in [4.69, 9.17) is 0 Å². The third-order valence-electron chi connectivity index (χ3n) is 2.56. The van der Waals surface area contributed by atoms with Gasteiger partial charge in [-0.05, 0) is 30.3 Å². The van der Waals surface area contributed by atoms with Crippen molar-refractivity contribution < 1.29 is 23.4 Å². The summed E-state index contributed by atoms with van der Waals surface area (Å²) in [7, 11) is 0. The SMILES string of the molecule is O=C(Nc1ccccc1OC(F)F)c1ccc(Br)cc1O. The zero-order valence-corrected chi connectivity index (χ0v) is 12.1. The summed E-state index contributed by atoms with van der Waals surface area (Å²) in [5.41, 5.74) is 0.107. The van der Waals surface area contributed by atoms with Gasteiger partial charge in [-0.2, -0.15) is 8.78 Å². The van der Waals surface area contributed by atoms with Crippen LogP contribution in [0.5, 0.6) is 11.5 Å². The molecule has 0 unspecified atom stereocenters. The highest BCUT2D eigenvalue weighted by atomic mass is 79.9. The van der Waals surface area contributed by atoms with Gasteiger partial charge in [0.1, 0.15) is 11.5 Å². The van der Waals surface area contributed by atoms with Crippen molar-refractivity contribution in [1.29, 1.82) is 0 Å². The molecular formula is C14H10BrF2NO3. The second kappa shape index (κ2) is 6.53. The van der Waals surface area contributed by atoms with Gasteiger partial charge in [0.2, 0.25) is 0 Å². The number of hydrogen-bond acceptors (Lipinski definition) is 3. The maximum atomic E-state index is 12.3. The highest BCUT2D eigenvalue weighted by Gasteiger charge is 2.15. The predicted octanol–water partition coefficient (Wildman–Crippen LogP) is 4.01. The molecule has 0 saturated carbocycles. The fraction of sp³-hybridized carbons (Fsp3) is 0.0714. The van der Waals surface area contributed by atoms with Gasteiger partial charge < -0.3 is 15.2 Å². The zero-order chi connectivity index (χ0) is 15.4. The van der Waals surface area contributed by atoms with Crippen molar-refractivity contribution in [1.82, 2.24) is 0 Å². The minimum absolute atomic E-state index is 0.0186. The molecule has 2 N–H and O–H groups in total. The average Bonchev–Trinajstić information content (AvgIpc) is 2.40. The first-order chi connectivity index (χ1) is 9.97. The number of carbonyl (C=O) groups excluding carboxylic acids is 1. The topological polar surface area (TPSA) is 58.6 Å². The summed E-state index contributed by atoms with van der Waals surface area (Å²) >= 11 is 3.16. The molecular weight excluding hydrogens is 348 g/mol. The van der Waals surface area contributed by atoms with Gasteiger partial charge in [0, 0.05) is 4.47 Å². The van der Waals surface area contributed by atoms with Crippen LogP contribution in [0.2, 0.25) is 0 Å². The molecule has 0 atom stereocenters. The van der Waals surface area contributed by atoms with Crippen molar-refractivity contribution in [3.8, 4) is 11.5 Å². The lowest BCUT2D eigenvalue weighted by atomic mass is 10.2. The number of hydrogen-bond donors (Lipinski definition) is 2. The van der Waals surface area contributed by atoms with Crippen LogP contribution in [-0.2, 0) is 0 Å². The maximum absolute atomic E-state index is 12.3. The Morgan fingerprint density at radius 1 is 1.24 bits per heavy atom. The van der Waals surface area contributed by atoms with Gasteiger partial charge in [-0.15, -0.1) is 0 Å². The van der Waals surface area contributed by atoms with Gasteiger partial charge in [-0.1, -0.05) is 28.1 Å². The van der Waals surface area contributed by atoms with E-state index < -0.39 is 12.5 Å². The van der Waals surface area contributed by atoms with E-state index in [1.54, 1.807) is 12.1 Å². The number of para-hydroxylation sites is 2. The highest BCUT2D eigenvalue weighted by Crippen LogP contribution is 2.28. The van der Waals surface area contributed by atoms with E-state index in [1.165, 1.54) is 30.3 Å². The molecule has 21 heavy (non-hydrogen) atoms. The number of ether oxygens (including phenoxy) is 1. The zero-order valence-electron chi connectivity index (χ0n) is 10.5. The van der Waals surface area contributed by atoms with Crippen LogP contribution in [0, 0.1) is 0 Å². The number of carbonyl (C=O) groups is 1. The smallest absolute Gasteiger partial charge is 0.387 e. The molecule has 0 aliphatic carbocycles. The number of alkyl halides is 2. The number of amides is 1. The molecule has 1 amide bonds. The molecule has 2 rings (SSSR count). The second-order valence-electron chi connectivity index (χ2n) is 3.99. The lowest BCUT2D eigenvalue weighted by Crippen LogP contribution is -2.14. The van der Waals surface area contributed by atoms with E-state index in [0.29, 0.717) is 4.47 Å². The monoisotopic (exact) mass is 357 g/mol. The van der Waals surface area contributed by atoms with E-state index >= 15 is 0 Å². The fourth-order valence-electron chi connectivity index (χ4n) is 1.66. The Morgan fingerprint density at radius 2 is 1.95 bits per heavy atom. The quantitative estimate of drug-likeness (QED) is 0.868. The molecule has 0 radical (unpaired) electrons. The van der Waals surface area contributed by atoms with Crippen LogP contribution in [0.25, 0.3) is 0 Å². The molecule has 4 nitrogen and oxygen atoms in total. The van der Waals surface area contributed by atoms with Crippen LogP contribution in [0.3, 0.4) is 0 Å². The normalized spacial score (nSPS) is 10.5. The number of aromatic hydroxyl groups is 1. The van der Waals surface area contributed by atoms with Crippen molar-refractivity contribution in [3.63, 3.8) is 0 Å². The summed E-state index contributed by atoms with van der Waals surface area (Å²) in [6.07, 6.45) is 0. The number of phenolic OH excluding ortho intramolecular Hbond substituents is 1. The number of rotatable bonds is 4. The van der Waals surface area contributed by atoms with E-state index in [2.05, 4.69) is 26.0 Å². The van der Waals surface area contributed by atoms with Crippen molar-refractivity contribution in [3.05, 3.63) is 52.5 Å². The van der Waals surface area contributed by atoms with Crippen molar-refractivity contribution in [2.24, 2.45) is 0 Å². The van der Waals surface area contributed by atoms with E-state index in [9.17, 15) is 18.7 Å². The largest absolute Gasteiger partial charge is 0.507 e. The molecule has 0 aromatic heterocycles. The molecule has 0 heterocycles. The second-order valence-corrected chi connectivity index (χ2v) is 4.91. The summed E-state index contributed by atoms with van der Waals surface area (Å²) in [6, 6.07) is 10.1. The Hall–Kier alpha value is -2.15. The van der Waals surface area contributed by atoms with Crippen LogP contribution in [0.4, 0.5) is 14.5 Å².